The van der Waals surface area contributed by atoms with E-state index in [1.807, 2.05) is 10.1 Å². The molecule has 0 bridgehead atoms. The summed E-state index contributed by atoms with van der Waals surface area (Å²) in [6.07, 6.45) is 0. The zero-order valence-corrected chi connectivity index (χ0v) is 9.49. The standard InChI is InChI=1S/C7H10N4O5S/c12-5-6(9-10-7(13)8-5)17(14,15)11-1-3-16-4-2-11/h1-4H2,(H2,8,10,12,13). The Bertz CT molecular complexity index is 612. The maximum Gasteiger partial charge on any atom is 0.342 e. The lowest BCUT2D eigenvalue weighted by atomic mass is 10.5. The van der Waals surface area contributed by atoms with Crippen LogP contribution in [0.15, 0.2) is 14.6 Å². The monoisotopic (exact) mass is 262 g/mol. The molecule has 94 valence electrons. The molecule has 1 aliphatic rings. The minimum atomic E-state index is -3.98. The molecule has 2 rings (SSSR count). The van der Waals surface area contributed by atoms with Gasteiger partial charge in [0.1, 0.15) is 0 Å². The molecule has 1 aromatic rings. The van der Waals surface area contributed by atoms with E-state index >= 15 is 0 Å². The first-order chi connectivity index (χ1) is 8.01. The second-order valence-electron chi connectivity index (χ2n) is 3.33. The second kappa shape index (κ2) is 4.39. The number of hydrogen-bond donors (Lipinski definition) is 2. The van der Waals surface area contributed by atoms with E-state index in [9.17, 15) is 18.0 Å². The Balaban J connectivity index is 2.44. The van der Waals surface area contributed by atoms with Gasteiger partial charge in [0.25, 0.3) is 20.6 Å². The van der Waals surface area contributed by atoms with E-state index in [2.05, 4.69) is 5.10 Å². The highest BCUT2D eigenvalue weighted by Gasteiger charge is 2.30. The first kappa shape index (κ1) is 12.0. The fourth-order valence-electron chi connectivity index (χ4n) is 1.42. The van der Waals surface area contributed by atoms with Crippen LogP contribution >= 0.6 is 0 Å². The average Bonchev–Trinajstić information content (AvgIpc) is 2.29. The van der Waals surface area contributed by atoms with Crippen LogP contribution in [-0.2, 0) is 14.8 Å². The molecular formula is C7H10N4O5S. The fourth-order valence-corrected chi connectivity index (χ4v) is 2.74. The number of aromatic amines is 2. The molecule has 2 heterocycles. The number of sulfonamides is 1. The molecule has 2 N–H and O–H groups in total. The number of morpholine rings is 1. The Kier molecular flexibility index (Phi) is 3.09. The molecule has 10 heteroatoms. The van der Waals surface area contributed by atoms with Crippen LogP contribution in [0, 0.1) is 0 Å². The largest absolute Gasteiger partial charge is 0.379 e. The lowest BCUT2D eigenvalue weighted by Gasteiger charge is -2.24. The van der Waals surface area contributed by atoms with Crippen molar-refractivity contribution in [3.63, 3.8) is 0 Å². The van der Waals surface area contributed by atoms with Gasteiger partial charge in [-0.25, -0.2) is 18.3 Å². The Hall–Kier alpha value is -1.52. The van der Waals surface area contributed by atoms with Crippen LogP contribution in [0.25, 0.3) is 0 Å². The van der Waals surface area contributed by atoms with E-state index in [1.165, 1.54) is 0 Å². The Labute approximate surface area is 95.5 Å². The van der Waals surface area contributed by atoms with Crippen molar-refractivity contribution in [2.45, 2.75) is 5.03 Å². The highest BCUT2D eigenvalue weighted by atomic mass is 32.2. The first-order valence-corrected chi connectivity index (χ1v) is 6.23. The summed E-state index contributed by atoms with van der Waals surface area (Å²) in [6.45, 7) is 0.839. The summed E-state index contributed by atoms with van der Waals surface area (Å²) in [6, 6.07) is 0. The fraction of sp³-hybridized carbons (Fsp3) is 0.571. The van der Waals surface area contributed by atoms with Crippen molar-refractivity contribution in [1.29, 1.82) is 0 Å². The van der Waals surface area contributed by atoms with Crippen LogP contribution in [0.2, 0.25) is 0 Å². The molecular weight excluding hydrogens is 252 g/mol. The minimum Gasteiger partial charge on any atom is -0.379 e. The van der Waals surface area contributed by atoms with E-state index in [4.69, 9.17) is 4.74 Å². The van der Waals surface area contributed by atoms with Gasteiger partial charge in [0.15, 0.2) is 0 Å². The Morgan fingerprint density at radius 2 is 1.88 bits per heavy atom. The van der Waals surface area contributed by atoms with Crippen molar-refractivity contribution < 1.29 is 13.2 Å². The number of hydrogen-bond acceptors (Lipinski definition) is 6. The summed E-state index contributed by atoms with van der Waals surface area (Å²) in [5.74, 6) is 0. The first-order valence-electron chi connectivity index (χ1n) is 4.79. The van der Waals surface area contributed by atoms with Crippen LogP contribution in [0.3, 0.4) is 0 Å². The summed E-state index contributed by atoms with van der Waals surface area (Å²) < 4.78 is 30.1. The van der Waals surface area contributed by atoms with Gasteiger partial charge in [-0.1, -0.05) is 0 Å². The predicted molar refractivity (Wildman–Crippen MR) is 55.1 cm³/mol. The average molecular weight is 262 g/mol. The number of aromatic nitrogens is 3. The van der Waals surface area contributed by atoms with Gasteiger partial charge in [-0.3, -0.25) is 9.78 Å². The van der Waals surface area contributed by atoms with Crippen molar-refractivity contribution in [2.75, 3.05) is 26.3 Å². The molecule has 0 amide bonds. The summed E-state index contributed by atoms with van der Waals surface area (Å²) in [7, 11) is -3.98. The Morgan fingerprint density at radius 1 is 1.24 bits per heavy atom. The zero-order valence-electron chi connectivity index (χ0n) is 8.67. The number of nitrogens with zero attached hydrogens (tertiary/aromatic N) is 2. The van der Waals surface area contributed by atoms with Crippen LogP contribution < -0.4 is 11.2 Å². The van der Waals surface area contributed by atoms with Crippen molar-refractivity contribution in [2.24, 2.45) is 0 Å². The molecule has 1 fully saturated rings. The number of nitrogens with one attached hydrogen (secondary N) is 2. The van der Waals surface area contributed by atoms with Crippen LogP contribution in [-0.4, -0.2) is 54.2 Å². The number of rotatable bonds is 2. The maximum atomic E-state index is 12.0. The van der Waals surface area contributed by atoms with Gasteiger partial charge in [0.2, 0.25) is 0 Å². The molecule has 0 aliphatic carbocycles. The van der Waals surface area contributed by atoms with Crippen molar-refractivity contribution in [1.82, 2.24) is 19.5 Å². The molecule has 17 heavy (non-hydrogen) atoms. The van der Waals surface area contributed by atoms with Crippen molar-refractivity contribution in [3.8, 4) is 0 Å². The Morgan fingerprint density at radius 3 is 2.47 bits per heavy atom. The summed E-state index contributed by atoms with van der Waals surface area (Å²) in [4.78, 5) is 23.9. The SMILES string of the molecule is O=c1[nH]nc(S(=O)(=O)N2CCOCC2)c(=O)[nH]1. The van der Waals surface area contributed by atoms with E-state index in [0.717, 1.165) is 4.31 Å². The van der Waals surface area contributed by atoms with Crippen molar-refractivity contribution in [3.05, 3.63) is 20.8 Å². The number of ether oxygens (including phenoxy) is 1. The van der Waals surface area contributed by atoms with Crippen LogP contribution in [0.5, 0.6) is 0 Å². The van der Waals surface area contributed by atoms with E-state index in [0.29, 0.717) is 0 Å². The summed E-state index contributed by atoms with van der Waals surface area (Å²) in [5, 5.41) is 4.45. The third-order valence-electron chi connectivity index (χ3n) is 2.23. The molecule has 0 aromatic carbocycles. The molecule has 1 saturated heterocycles. The molecule has 0 unspecified atom stereocenters. The molecule has 0 saturated carbocycles. The van der Waals surface area contributed by atoms with E-state index < -0.39 is 26.3 Å². The van der Waals surface area contributed by atoms with Crippen LogP contribution in [0.4, 0.5) is 0 Å². The minimum absolute atomic E-state index is 0.155. The lowest BCUT2D eigenvalue weighted by Crippen LogP contribution is -2.43. The van der Waals surface area contributed by atoms with Gasteiger partial charge < -0.3 is 4.74 Å². The van der Waals surface area contributed by atoms with Gasteiger partial charge in [0.05, 0.1) is 13.2 Å². The van der Waals surface area contributed by atoms with Crippen molar-refractivity contribution >= 4 is 10.0 Å². The molecule has 0 atom stereocenters. The van der Waals surface area contributed by atoms with Gasteiger partial charge in [0, 0.05) is 13.1 Å². The highest BCUT2D eigenvalue weighted by Crippen LogP contribution is 2.09. The smallest absolute Gasteiger partial charge is 0.342 e. The van der Waals surface area contributed by atoms with Gasteiger partial charge >= 0.3 is 5.69 Å². The van der Waals surface area contributed by atoms with Crippen LogP contribution in [0.1, 0.15) is 0 Å². The molecule has 1 aliphatic heterocycles. The third kappa shape index (κ3) is 2.28. The lowest BCUT2D eigenvalue weighted by molar-refractivity contribution is 0.0728. The zero-order chi connectivity index (χ0) is 12.5. The van der Waals surface area contributed by atoms with Gasteiger partial charge in [-0.15, -0.1) is 0 Å². The summed E-state index contributed by atoms with van der Waals surface area (Å²) in [5.41, 5.74) is -1.88. The molecule has 1 aromatic heterocycles. The maximum absolute atomic E-state index is 12.0. The molecule has 0 radical (unpaired) electrons. The normalized spacial score (nSPS) is 18.1. The molecule has 9 nitrogen and oxygen atoms in total. The van der Waals surface area contributed by atoms with Gasteiger partial charge in [-0.05, 0) is 0 Å². The topological polar surface area (TPSA) is 125 Å². The number of H-pyrrole nitrogens is 2. The van der Waals surface area contributed by atoms with Gasteiger partial charge in [-0.2, -0.15) is 9.40 Å². The van der Waals surface area contributed by atoms with E-state index in [1.54, 1.807) is 0 Å². The second-order valence-corrected chi connectivity index (χ2v) is 5.18. The van der Waals surface area contributed by atoms with E-state index in [-0.39, 0.29) is 26.3 Å². The quantitative estimate of drug-likeness (QED) is 0.606. The third-order valence-corrected chi connectivity index (χ3v) is 4.04. The summed E-state index contributed by atoms with van der Waals surface area (Å²) >= 11 is 0. The molecule has 0 spiro atoms. The predicted octanol–water partition coefficient (Wildman–Crippen LogP) is -2.52. The highest BCUT2D eigenvalue weighted by molar-refractivity contribution is 7.89.